The number of ether oxygens (including phenoxy) is 1. The molecule has 2 amide bonds. The smallest absolute Gasteiger partial charge is 0.410 e. The van der Waals surface area contributed by atoms with Crippen molar-refractivity contribution in [2.45, 2.75) is 45.1 Å². The predicted molar refractivity (Wildman–Crippen MR) is 118 cm³/mol. The number of nitrogens with zero attached hydrogens (tertiary/aromatic N) is 3. The number of carbonyl (C=O) groups excluding carboxylic acids is 1. The Kier molecular flexibility index (Phi) is 7.00. The lowest BCUT2D eigenvalue weighted by atomic mass is 9.65. The maximum Gasteiger partial charge on any atom is 0.410 e. The van der Waals surface area contributed by atoms with Crippen LogP contribution in [0.4, 0.5) is 9.59 Å². The molecule has 2 heterocycles. The lowest BCUT2D eigenvalue weighted by Gasteiger charge is -2.46. The Morgan fingerprint density at radius 2 is 1.55 bits per heavy atom. The van der Waals surface area contributed by atoms with Crippen LogP contribution in [-0.2, 0) is 11.3 Å². The third-order valence-corrected chi connectivity index (χ3v) is 7.61. The molecule has 3 aliphatic rings. The third-order valence-electron chi connectivity index (χ3n) is 7.61. The van der Waals surface area contributed by atoms with E-state index in [4.69, 9.17) is 4.74 Å². The Balaban J connectivity index is 1.14. The van der Waals surface area contributed by atoms with Gasteiger partial charge in [0.2, 0.25) is 0 Å². The van der Waals surface area contributed by atoms with Crippen molar-refractivity contribution in [3.63, 3.8) is 0 Å². The standard InChI is InChI=1S/C24H35N3O4/c28-22(29)26-12-10-24(11-13-26)8-6-20(7-9-24)18-25-14-16-27(17-15-25)23(30)31-19-21-4-2-1-3-5-21/h1-5,20H,6-19H2,(H,28,29). The Hall–Kier alpha value is -2.28. The second kappa shape index (κ2) is 9.90. The van der Waals surface area contributed by atoms with Gasteiger partial charge in [-0.3, -0.25) is 4.90 Å². The molecule has 3 fully saturated rings. The molecule has 1 spiro atoms. The van der Waals surface area contributed by atoms with Crippen LogP contribution in [0.3, 0.4) is 0 Å². The summed E-state index contributed by atoms with van der Waals surface area (Å²) in [5.41, 5.74) is 1.39. The number of piperazine rings is 1. The monoisotopic (exact) mass is 429 g/mol. The molecule has 0 unspecified atom stereocenters. The second-order valence-corrected chi connectivity index (χ2v) is 9.54. The first kappa shape index (κ1) is 21.9. The molecule has 4 rings (SSSR count). The Bertz CT molecular complexity index is 730. The number of hydrogen-bond acceptors (Lipinski definition) is 4. The van der Waals surface area contributed by atoms with E-state index in [1.54, 1.807) is 4.90 Å². The van der Waals surface area contributed by atoms with Crippen LogP contribution in [0.25, 0.3) is 0 Å². The molecule has 0 radical (unpaired) electrons. The Morgan fingerprint density at radius 3 is 2.16 bits per heavy atom. The van der Waals surface area contributed by atoms with Gasteiger partial charge in [0.05, 0.1) is 0 Å². The first-order chi connectivity index (χ1) is 15.0. The van der Waals surface area contributed by atoms with Gasteiger partial charge >= 0.3 is 12.2 Å². The van der Waals surface area contributed by atoms with Gasteiger partial charge in [-0.25, -0.2) is 9.59 Å². The van der Waals surface area contributed by atoms with Crippen LogP contribution in [0.15, 0.2) is 30.3 Å². The van der Waals surface area contributed by atoms with Crippen LogP contribution >= 0.6 is 0 Å². The average molecular weight is 430 g/mol. The van der Waals surface area contributed by atoms with Crippen molar-refractivity contribution in [2.24, 2.45) is 11.3 Å². The molecule has 1 saturated carbocycles. The number of carbonyl (C=O) groups is 2. The normalized spacial score (nSPS) is 22.5. The van der Waals surface area contributed by atoms with Crippen molar-refractivity contribution >= 4 is 12.2 Å². The van der Waals surface area contributed by atoms with Crippen LogP contribution in [-0.4, -0.2) is 77.8 Å². The zero-order valence-corrected chi connectivity index (χ0v) is 18.4. The van der Waals surface area contributed by atoms with Gasteiger partial charge in [-0.15, -0.1) is 0 Å². The minimum atomic E-state index is -0.772. The van der Waals surface area contributed by atoms with Gasteiger partial charge in [-0.05, 0) is 55.4 Å². The number of amides is 2. The fourth-order valence-corrected chi connectivity index (χ4v) is 5.43. The maximum absolute atomic E-state index is 12.3. The van der Waals surface area contributed by atoms with Crippen molar-refractivity contribution in [3.8, 4) is 0 Å². The highest BCUT2D eigenvalue weighted by Crippen LogP contribution is 2.46. The molecule has 170 valence electrons. The molecule has 1 N–H and O–H groups in total. The lowest BCUT2D eigenvalue weighted by molar-refractivity contribution is 0.0363. The molecule has 1 aromatic carbocycles. The van der Waals surface area contributed by atoms with Gasteiger partial charge in [-0.1, -0.05) is 30.3 Å². The Labute approximate surface area is 184 Å². The second-order valence-electron chi connectivity index (χ2n) is 9.54. The maximum atomic E-state index is 12.3. The molecule has 1 aromatic rings. The highest BCUT2D eigenvalue weighted by atomic mass is 16.6. The number of rotatable bonds is 4. The molecule has 0 bridgehead atoms. The first-order valence-electron chi connectivity index (χ1n) is 11.7. The number of piperidine rings is 1. The molecule has 7 heteroatoms. The zero-order chi connectivity index (χ0) is 21.7. The summed E-state index contributed by atoms with van der Waals surface area (Å²) in [5.74, 6) is 0.722. The molecule has 1 aliphatic carbocycles. The van der Waals surface area contributed by atoms with E-state index >= 15 is 0 Å². The van der Waals surface area contributed by atoms with Crippen molar-refractivity contribution < 1.29 is 19.4 Å². The molecule has 31 heavy (non-hydrogen) atoms. The van der Waals surface area contributed by atoms with Gasteiger partial charge in [0.25, 0.3) is 0 Å². The Morgan fingerprint density at radius 1 is 0.903 bits per heavy atom. The minimum absolute atomic E-state index is 0.212. The number of hydrogen-bond donors (Lipinski definition) is 1. The molecule has 0 aromatic heterocycles. The van der Waals surface area contributed by atoms with Crippen molar-refractivity contribution in [1.82, 2.24) is 14.7 Å². The minimum Gasteiger partial charge on any atom is -0.465 e. The summed E-state index contributed by atoms with van der Waals surface area (Å²) in [6.07, 6.45) is 6.01. The van der Waals surface area contributed by atoms with Crippen LogP contribution in [0.1, 0.15) is 44.1 Å². The molecule has 0 atom stereocenters. The molecule has 2 aliphatic heterocycles. The largest absolute Gasteiger partial charge is 0.465 e. The van der Waals surface area contributed by atoms with Gasteiger partial charge in [0.15, 0.2) is 0 Å². The summed E-state index contributed by atoms with van der Waals surface area (Å²) in [5, 5.41) is 9.17. The molecular formula is C24H35N3O4. The third kappa shape index (κ3) is 5.70. The summed E-state index contributed by atoms with van der Waals surface area (Å²) in [7, 11) is 0. The quantitative estimate of drug-likeness (QED) is 0.786. The van der Waals surface area contributed by atoms with Crippen molar-refractivity contribution in [2.75, 3.05) is 45.8 Å². The van der Waals surface area contributed by atoms with Gasteiger partial charge in [-0.2, -0.15) is 0 Å². The van der Waals surface area contributed by atoms with E-state index in [0.29, 0.717) is 25.1 Å². The number of carboxylic acid groups (broad SMARTS) is 1. The van der Waals surface area contributed by atoms with E-state index in [1.807, 2.05) is 35.2 Å². The van der Waals surface area contributed by atoms with E-state index in [2.05, 4.69) is 4.90 Å². The van der Waals surface area contributed by atoms with Crippen molar-refractivity contribution in [3.05, 3.63) is 35.9 Å². The molecular weight excluding hydrogens is 394 g/mol. The van der Waals surface area contributed by atoms with Crippen LogP contribution in [0.2, 0.25) is 0 Å². The van der Waals surface area contributed by atoms with Gasteiger partial charge in [0, 0.05) is 45.8 Å². The lowest BCUT2D eigenvalue weighted by Crippen LogP contribution is -2.50. The summed E-state index contributed by atoms with van der Waals surface area (Å²) in [6.45, 7) is 6.12. The highest BCUT2D eigenvalue weighted by molar-refractivity contribution is 5.67. The highest BCUT2D eigenvalue weighted by Gasteiger charge is 2.39. The molecule has 2 saturated heterocycles. The SMILES string of the molecule is O=C(O)N1CCC2(CCC(CN3CCN(C(=O)OCc4ccccc4)CC3)CC2)CC1. The fraction of sp³-hybridized carbons (Fsp3) is 0.667. The predicted octanol–water partition coefficient (Wildman–Crippen LogP) is 3.89. The summed E-state index contributed by atoms with van der Waals surface area (Å²) in [6, 6.07) is 9.80. The van der Waals surface area contributed by atoms with E-state index in [9.17, 15) is 14.7 Å². The van der Waals surface area contributed by atoms with E-state index in [0.717, 1.165) is 57.0 Å². The van der Waals surface area contributed by atoms with Gasteiger partial charge in [0.1, 0.15) is 6.61 Å². The van der Waals surface area contributed by atoms with E-state index in [-0.39, 0.29) is 6.09 Å². The van der Waals surface area contributed by atoms with E-state index in [1.165, 1.54) is 25.7 Å². The average Bonchev–Trinajstić information content (AvgIpc) is 2.81. The summed E-state index contributed by atoms with van der Waals surface area (Å²) < 4.78 is 5.47. The van der Waals surface area contributed by atoms with Crippen LogP contribution in [0, 0.1) is 11.3 Å². The topological polar surface area (TPSA) is 73.3 Å². The summed E-state index contributed by atoms with van der Waals surface area (Å²) >= 11 is 0. The van der Waals surface area contributed by atoms with Crippen LogP contribution < -0.4 is 0 Å². The van der Waals surface area contributed by atoms with Gasteiger partial charge < -0.3 is 19.6 Å². The number of benzene rings is 1. The first-order valence-corrected chi connectivity index (χ1v) is 11.7. The zero-order valence-electron chi connectivity index (χ0n) is 18.4. The van der Waals surface area contributed by atoms with Crippen LogP contribution in [0.5, 0.6) is 0 Å². The number of likely N-dealkylation sites (tertiary alicyclic amines) is 1. The fourth-order valence-electron chi connectivity index (χ4n) is 5.43. The van der Waals surface area contributed by atoms with E-state index < -0.39 is 6.09 Å². The summed E-state index contributed by atoms with van der Waals surface area (Å²) in [4.78, 5) is 29.4. The molecule has 7 nitrogen and oxygen atoms in total. The van der Waals surface area contributed by atoms with Crippen molar-refractivity contribution in [1.29, 1.82) is 0 Å².